The van der Waals surface area contributed by atoms with Crippen molar-refractivity contribution in [2.45, 2.75) is 6.92 Å². The zero-order valence-corrected chi connectivity index (χ0v) is 13.0. The van der Waals surface area contributed by atoms with E-state index in [0.717, 1.165) is 17.1 Å². The topological polar surface area (TPSA) is 55.8 Å². The van der Waals surface area contributed by atoms with E-state index in [4.69, 9.17) is 9.47 Å². The first-order valence-electron chi connectivity index (χ1n) is 7.34. The van der Waals surface area contributed by atoms with Gasteiger partial charge in [-0.1, -0.05) is 0 Å². The average Bonchev–Trinajstić information content (AvgIpc) is 2.60. The van der Waals surface area contributed by atoms with Crippen LogP contribution in [0.2, 0.25) is 0 Å². The van der Waals surface area contributed by atoms with Crippen LogP contribution in [-0.4, -0.2) is 32.0 Å². The van der Waals surface area contributed by atoms with Crippen LogP contribution < -0.4 is 9.64 Å². The van der Waals surface area contributed by atoms with Crippen LogP contribution in [0.1, 0.15) is 27.6 Å². The Labute approximate surface area is 134 Å². The molecular formula is C18H17NO4. The molecule has 0 atom stereocenters. The number of rotatable bonds is 3. The first kappa shape index (κ1) is 15.1. The molecule has 118 valence electrons. The number of fused-ring (bicyclic) bond motifs is 1. The number of esters is 1. The molecule has 0 saturated heterocycles. The fourth-order valence-corrected chi connectivity index (χ4v) is 2.61. The molecule has 1 aliphatic heterocycles. The molecule has 5 nitrogen and oxygen atoms in total. The molecular weight excluding hydrogens is 294 g/mol. The van der Waals surface area contributed by atoms with Crippen LogP contribution >= 0.6 is 0 Å². The predicted molar refractivity (Wildman–Crippen MR) is 86.7 cm³/mol. The average molecular weight is 311 g/mol. The van der Waals surface area contributed by atoms with Gasteiger partial charge in [-0.15, -0.1) is 0 Å². The van der Waals surface area contributed by atoms with Crippen molar-refractivity contribution in [1.29, 1.82) is 0 Å². The lowest BCUT2D eigenvalue weighted by atomic mass is 10.1. The largest absolute Gasteiger partial charge is 0.490 e. The van der Waals surface area contributed by atoms with E-state index in [-0.39, 0.29) is 11.8 Å². The molecule has 23 heavy (non-hydrogen) atoms. The molecule has 0 saturated carbocycles. The first-order chi connectivity index (χ1) is 11.1. The van der Waals surface area contributed by atoms with E-state index in [0.29, 0.717) is 24.3 Å². The summed E-state index contributed by atoms with van der Waals surface area (Å²) < 4.78 is 10.4. The fraction of sp³-hybridized carbons (Fsp3) is 0.222. The highest BCUT2D eigenvalue weighted by molar-refractivity contribution is 5.95. The highest BCUT2D eigenvalue weighted by Gasteiger charge is 2.21. The van der Waals surface area contributed by atoms with Crippen molar-refractivity contribution in [2.75, 3.05) is 25.2 Å². The number of hydrogen-bond acceptors (Lipinski definition) is 5. The third kappa shape index (κ3) is 2.90. The number of hydrogen-bond donors (Lipinski definition) is 0. The van der Waals surface area contributed by atoms with Crippen LogP contribution in [0.25, 0.3) is 0 Å². The summed E-state index contributed by atoms with van der Waals surface area (Å²) in [4.78, 5) is 25.2. The number of anilines is 2. The fourth-order valence-electron chi connectivity index (χ4n) is 2.61. The van der Waals surface area contributed by atoms with Gasteiger partial charge in [-0.3, -0.25) is 4.79 Å². The van der Waals surface area contributed by atoms with Gasteiger partial charge in [0.25, 0.3) is 0 Å². The number of carbonyl (C=O) groups is 2. The van der Waals surface area contributed by atoms with E-state index < -0.39 is 0 Å². The number of carbonyl (C=O) groups excluding carboxylic acids is 2. The summed E-state index contributed by atoms with van der Waals surface area (Å²) in [6.45, 7) is 2.76. The molecule has 2 aromatic carbocycles. The molecule has 0 amide bonds. The van der Waals surface area contributed by atoms with Crippen LogP contribution in [0.3, 0.4) is 0 Å². The van der Waals surface area contributed by atoms with Crippen molar-refractivity contribution in [2.24, 2.45) is 0 Å². The maximum Gasteiger partial charge on any atom is 0.337 e. The molecule has 0 N–H and O–H groups in total. The molecule has 3 rings (SSSR count). The molecule has 5 heteroatoms. The van der Waals surface area contributed by atoms with Crippen molar-refractivity contribution in [3.8, 4) is 5.75 Å². The van der Waals surface area contributed by atoms with Gasteiger partial charge < -0.3 is 14.4 Å². The smallest absolute Gasteiger partial charge is 0.337 e. The SMILES string of the molecule is COC(=O)c1ccc2c(c1)N(c1ccc(C(C)=O)cc1)CCO2. The molecule has 1 heterocycles. The molecule has 0 aromatic heterocycles. The minimum absolute atomic E-state index is 0.0342. The van der Waals surface area contributed by atoms with Crippen molar-refractivity contribution < 1.29 is 19.1 Å². The second-order valence-corrected chi connectivity index (χ2v) is 5.28. The molecule has 0 fully saturated rings. The summed E-state index contributed by atoms with van der Waals surface area (Å²) in [5, 5.41) is 0. The van der Waals surface area contributed by atoms with E-state index >= 15 is 0 Å². The summed E-state index contributed by atoms with van der Waals surface area (Å²) in [5.74, 6) is 0.372. The number of ketones is 1. The molecule has 1 aliphatic rings. The van der Waals surface area contributed by atoms with Gasteiger partial charge in [0.1, 0.15) is 12.4 Å². The maximum absolute atomic E-state index is 11.7. The zero-order chi connectivity index (χ0) is 16.4. The summed E-state index contributed by atoms with van der Waals surface area (Å²) in [6, 6.07) is 12.6. The van der Waals surface area contributed by atoms with Crippen LogP contribution in [0.4, 0.5) is 11.4 Å². The third-order valence-electron chi connectivity index (χ3n) is 3.83. The summed E-state index contributed by atoms with van der Waals surface area (Å²) in [7, 11) is 1.36. The van der Waals surface area contributed by atoms with Gasteiger partial charge in [-0.05, 0) is 49.4 Å². The third-order valence-corrected chi connectivity index (χ3v) is 3.83. The quantitative estimate of drug-likeness (QED) is 0.643. The van der Waals surface area contributed by atoms with Crippen molar-refractivity contribution in [3.63, 3.8) is 0 Å². The summed E-state index contributed by atoms with van der Waals surface area (Å²) in [6.07, 6.45) is 0. The molecule has 0 bridgehead atoms. The van der Waals surface area contributed by atoms with Gasteiger partial charge in [0.15, 0.2) is 5.78 Å². The van der Waals surface area contributed by atoms with Crippen molar-refractivity contribution >= 4 is 23.1 Å². The minimum atomic E-state index is -0.384. The number of Topliss-reactive ketones (excluding diaryl/α,β-unsaturated/α-hetero) is 1. The summed E-state index contributed by atoms with van der Waals surface area (Å²) >= 11 is 0. The Kier molecular flexibility index (Phi) is 4.02. The lowest BCUT2D eigenvalue weighted by Crippen LogP contribution is -2.28. The highest BCUT2D eigenvalue weighted by atomic mass is 16.5. The van der Waals surface area contributed by atoms with Crippen molar-refractivity contribution in [3.05, 3.63) is 53.6 Å². The van der Waals surface area contributed by atoms with Gasteiger partial charge in [0.05, 0.1) is 24.9 Å². The van der Waals surface area contributed by atoms with E-state index in [1.165, 1.54) is 7.11 Å². The highest BCUT2D eigenvalue weighted by Crippen LogP contribution is 2.37. The van der Waals surface area contributed by atoms with Crippen LogP contribution in [0, 0.1) is 0 Å². The number of benzene rings is 2. The monoisotopic (exact) mass is 311 g/mol. The number of methoxy groups -OCH3 is 1. The van der Waals surface area contributed by atoms with Gasteiger partial charge >= 0.3 is 5.97 Å². The Bertz CT molecular complexity index is 752. The standard InChI is InChI=1S/C18H17NO4/c1-12(20)13-3-6-15(7-4-13)19-9-10-23-17-8-5-14(11-16(17)19)18(21)22-2/h3-8,11H,9-10H2,1-2H3. The Morgan fingerprint density at radius 3 is 2.43 bits per heavy atom. The normalized spacial score (nSPS) is 13.0. The number of ether oxygens (including phenoxy) is 2. The van der Waals surface area contributed by atoms with E-state index in [9.17, 15) is 9.59 Å². The first-order valence-corrected chi connectivity index (χ1v) is 7.34. The molecule has 0 aliphatic carbocycles. The number of nitrogens with zero attached hydrogens (tertiary/aromatic N) is 1. The maximum atomic E-state index is 11.7. The van der Waals surface area contributed by atoms with E-state index in [1.54, 1.807) is 37.3 Å². The van der Waals surface area contributed by atoms with Gasteiger partial charge in [-0.25, -0.2) is 4.79 Å². The van der Waals surface area contributed by atoms with Gasteiger partial charge in [0.2, 0.25) is 0 Å². The minimum Gasteiger partial charge on any atom is -0.490 e. The second kappa shape index (κ2) is 6.12. The Morgan fingerprint density at radius 1 is 1.09 bits per heavy atom. The van der Waals surface area contributed by atoms with Crippen LogP contribution in [0.5, 0.6) is 5.75 Å². The van der Waals surface area contributed by atoms with Crippen molar-refractivity contribution in [1.82, 2.24) is 0 Å². The summed E-state index contributed by atoms with van der Waals surface area (Å²) in [5.41, 5.74) is 2.91. The van der Waals surface area contributed by atoms with Gasteiger partial charge in [-0.2, -0.15) is 0 Å². The Morgan fingerprint density at radius 2 is 1.78 bits per heavy atom. The zero-order valence-electron chi connectivity index (χ0n) is 13.0. The molecule has 0 radical (unpaired) electrons. The second-order valence-electron chi connectivity index (χ2n) is 5.28. The van der Waals surface area contributed by atoms with Crippen LogP contribution in [-0.2, 0) is 4.74 Å². The van der Waals surface area contributed by atoms with E-state index in [2.05, 4.69) is 4.90 Å². The van der Waals surface area contributed by atoms with Crippen LogP contribution in [0.15, 0.2) is 42.5 Å². The van der Waals surface area contributed by atoms with E-state index in [1.807, 2.05) is 12.1 Å². The van der Waals surface area contributed by atoms with Gasteiger partial charge in [0, 0.05) is 11.3 Å². The Hall–Kier alpha value is -2.82. The lowest BCUT2D eigenvalue weighted by molar-refractivity contribution is 0.0600. The molecule has 2 aromatic rings. The Balaban J connectivity index is 1.99. The molecule has 0 unspecified atom stereocenters. The predicted octanol–water partition coefficient (Wildman–Crippen LogP) is 3.21. The lowest BCUT2D eigenvalue weighted by Gasteiger charge is -2.31. The molecule has 0 spiro atoms.